The highest BCUT2D eigenvalue weighted by molar-refractivity contribution is 5.30. The molecule has 0 saturated heterocycles. The van der Waals surface area contributed by atoms with Crippen LogP contribution in [0.1, 0.15) is 19.8 Å². The monoisotopic (exact) mass is 234 g/mol. The molecule has 0 saturated carbocycles. The van der Waals surface area contributed by atoms with Crippen molar-refractivity contribution in [2.24, 2.45) is 0 Å². The number of aryl methyl sites for hydroxylation is 2. The van der Waals surface area contributed by atoms with Crippen LogP contribution in [-0.4, -0.2) is 31.1 Å². The summed E-state index contributed by atoms with van der Waals surface area (Å²) < 4.78 is 3.95. The molecule has 1 N–H and O–H groups in total. The van der Waals surface area contributed by atoms with E-state index in [4.69, 9.17) is 0 Å². The number of imidazole rings is 1. The van der Waals surface area contributed by atoms with Crippen LogP contribution in [-0.2, 0) is 13.1 Å². The van der Waals surface area contributed by atoms with Crippen LogP contribution >= 0.6 is 0 Å². The predicted molar refractivity (Wildman–Crippen MR) is 65.6 cm³/mol. The van der Waals surface area contributed by atoms with Gasteiger partial charge in [0.1, 0.15) is 5.82 Å². The Balaban J connectivity index is 1.63. The van der Waals surface area contributed by atoms with Crippen molar-refractivity contribution in [1.82, 2.24) is 24.5 Å². The maximum Gasteiger partial charge on any atom is 0.144 e. The summed E-state index contributed by atoms with van der Waals surface area (Å²) in [6.07, 6.45) is 9.67. The first-order chi connectivity index (χ1) is 8.40. The van der Waals surface area contributed by atoms with E-state index in [1.807, 2.05) is 23.4 Å². The summed E-state index contributed by atoms with van der Waals surface area (Å²) in [5.41, 5.74) is 0. The molecule has 92 valence electrons. The van der Waals surface area contributed by atoms with E-state index in [0.29, 0.717) is 0 Å². The van der Waals surface area contributed by atoms with Crippen LogP contribution < -0.4 is 5.32 Å². The van der Waals surface area contributed by atoms with Gasteiger partial charge >= 0.3 is 0 Å². The minimum absolute atomic E-state index is 0.845. The van der Waals surface area contributed by atoms with Crippen LogP contribution in [0, 0.1) is 0 Å². The molecular formula is C11H18N6. The average Bonchev–Trinajstić information content (AvgIpc) is 2.98. The smallest absolute Gasteiger partial charge is 0.144 e. The lowest BCUT2D eigenvalue weighted by Crippen LogP contribution is -2.09. The number of aromatic nitrogens is 5. The van der Waals surface area contributed by atoms with E-state index < -0.39 is 0 Å². The van der Waals surface area contributed by atoms with E-state index in [-0.39, 0.29) is 0 Å². The van der Waals surface area contributed by atoms with Gasteiger partial charge in [0, 0.05) is 32.0 Å². The summed E-state index contributed by atoms with van der Waals surface area (Å²) in [5.74, 6) is 0.995. The zero-order valence-electron chi connectivity index (χ0n) is 10.1. The van der Waals surface area contributed by atoms with E-state index in [9.17, 15) is 0 Å². The van der Waals surface area contributed by atoms with E-state index >= 15 is 0 Å². The number of nitrogens with zero attached hydrogens (tertiary/aromatic N) is 5. The van der Waals surface area contributed by atoms with E-state index in [0.717, 1.165) is 38.3 Å². The van der Waals surface area contributed by atoms with Gasteiger partial charge in [0.2, 0.25) is 0 Å². The molecule has 2 heterocycles. The van der Waals surface area contributed by atoms with Gasteiger partial charge in [-0.2, -0.15) is 0 Å². The Hall–Kier alpha value is -1.85. The zero-order valence-corrected chi connectivity index (χ0v) is 10.1. The fraction of sp³-hybridized carbons (Fsp3) is 0.545. The van der Waals surface area contributed by atoms with Crippen LogP contribution in [0.4, 0.5) is 5.82 Å². The Labute approximate surface area is 101 Å². The van der Waals surface area contributed by atoms with Gasteiger partial charge in [0.25, 0.3) is 0 Å². The molecule has 17 heavy (non-hydrogen) atoms. The molecule has 0 aliphatic rings. The first-order valence-electron chi connectivity index (χ1n) is 5.98. The number of hydrogen-bond acceptors (Lipinski definition) is 4. The van der Waals surface area contributed by atoms with Gasteiger partial charge in [-0.1, -0.05) is 5.21 Å². The van der Waals surface area contributed by atoms with Crippen molar-refractivity contribution in [2.45, 2.75) is 32.9 Å². The van der Waals surface area contributed by atoms with Crippen LogP contribution in [0.5, 0.6) is 0 Å². The summed E-state index contributed by atoms with van der Waals surface area (Å²) in [5, 5.41) is 11.2. The van der Waals surface area contributed by atoms with Crippen LogP contribution in [0.25, 0.3) is 0 Å². The molecule has 0 spiro atoms. The second-order valence-electron chi connectivity index (χ2n) is 3.87. The van der Waals surface area contributed by atoms with Crippen molar-refractivity contribution in [1.29, 1.82) is 0 Å². The molecule has 0 bridgehead atoms. The molecule has 0 aliphatic heterocycles. The first kappa shape index (κ1) is 11.6. The lowest BCUT2D eigenvalue weighted by atomic mass is 10.3. The van der Waals surface area contributed by atoms with E-state index in [1.54, 1.807) is 6.20 Å². The number of unbranched alkanes of at least 4 members (excludes halogenated alkanes) is 1. The summed E-state index contributed by atoms with van der Waals surface area (Å²) in [7, 11) is 0. The standard InChI is InChI=1S/C11H18N6/c1-2-17-11(9-14-15-17)13-5-3-4-7-16-8-6-12-10-16/h6,8-10,13H,2-5,7H2,1H3. The molecular weight excluding hydrogens is 216 g/mol. The Kier molecular flexibility index (Phi) is 4.12. The molecule has 2 aromatic heterocycles. The minimum atomic E-state index is 0.845. The highest BCUT2D eigenvalue weighted by Crippen LogP contribution is 2.04. The second-order valence-corrected chi connectivity index (χ2v) is 3.87. The van der Waals surface area contributed by atoms with Crippen LogP contribution in [0.3, 0.4) is 0 Å². The van der Waals surface area contributed by atoms with Gasteiger partial charge in [-0.15, -0.1) is 5.10 Å². The summed E-state index contributed by atoms with van der Waals surface area (Å²) >= 11 is 0. The Morgan fingerprint density at radius 3 is 3.06 bits per heavy atom. The van der Waals surface area contributed by atoms with Gasteiger partial charge in [0.05, 0.1) is 12.5 Å². The average molecular weight is 234 g/mol. The highest BCUT2D eigenvalue weighted by Gasteiger charge is 1.99. The first-order valence-corrected chi connectivity index (χ1v) is 5.98. The molecule has 0 aliphatic carbocycles. The second kappa shape index (κ2) is 6.03. The third-order valence-electron chi connectivity index (χ3n) is 2.63. The third-order valence-corrected chi connectivity index (χ3v) is 2.63. The molecule has 0 amide bonds. The largest absolute Gasteiger partial charge is 0.369 e. The number of anilines is 1. The molecule has 2 rings (SSSR count). The van der Waals surface area contributed by atoms with Crippen molar-refractivity contribution in [3.63, 3.8) is 0 Å². The Morgan fingerprint density at radius 2 is 2.29 bits per heavy atom. The summed E-state index contributed by atoms with van der Waals surface area (Å²) in [4.78, 5) is 4.01. The van der Waals surface area contributed by atoms with Crippen molar-refractivity contribution < 1.29 is 0 Å². The molecule has 6 nitrogen and oxygen atoms in total. The third kappa shape index (κ3) is 3.30. The Morgan fingerprint density at radius 1 is 1.35 bits per heavy atom. The molecule has 0 unspecified atom stereocenters. The lowest BCUT2D eigenvalue weighted by molar-refractivity contribution is 0.610. The van der Waals surface area contributed by atoms with Crippen LogP contribution in [0.2, 0.25) is 0 Å². The normalized spacial score (nSPS) is 10.6. The van der Waals surface area contributed by atoms with Gasteiger partial charge in [-0.05, 0) is 19.8 Å². The van der Waals surface area contributed by atoms with E-state index in [1.165, 1.54) is 0 Å². The Bertz CT molecular complexity index is 419. The topological polar surface area (TPSA) is 60.6 Å². The SMILES string of the molecule is CCn1nncc1NCCCCn1ccnc1. The molecule has 0 atom stereocenters. The van der Waals surface area contributed by atoms with E-state index in [2.05, 4.69) is 32.1 Å². The number of rotatable bonds is 7. The zero-order chi connectivity index (χ0) is 11.9. The van der Waals surface area contributed by atoms with Gasteiger partial charge in [0.15, 0.2) is 0 Å². The minimum Gasteiger partial charge on any atom is -0.369 e. The van der Waals surface area contributed by atoms with Gasteiger partial charge in [-0.25, -0.2) is 9.67 Å². The molecule has 2 aromatic rings. The molecule has 0 radical (unpaired) electrons. The van der Waals surface area contributed by atoms with Crippen molar-refractivity contribution in [3.8, 4) is 0 Å². The van der Waals surface area contributed by atoms with Crippen molar-refractivity contribution in [2.75, 3.05) is 11.9 Å². The maximum atomic E-state index is 4.01. The summed E-state index contributed by atoms with van der Waals surface area (Å²) in [6.45, 7) is 4.87. The molecule has 6 heteroatoms. The predicted octanol–water partition coefficient (Wildman–Crippen LogP) is 1.39. The fourth-order valence-corrected chi connectivity index (χ4v) is 1.68. The number of hydrogen-bond donors (Lipinski definition) is 1. The van der Waals surface area contributed by atoms with Gasteiger partial charge in [-0.3, -0.25) is 0 Å². The fourth-order valence-electron chi connectivity index (χ4n) is 1.68. The lowest BCUT2D eigenvalue weighted by Gasteiger charge is -2.07. The highest BCUT2D eigenvalue weighted by atomic mass is 15.4. The number of nitrogens with one attached hydrogen (secondary N) is 1. The molecule has 0 fully saturated rings. The van der Waals surface area contributed by atoms with Crippen LogP contribution in [0.15, 0.2) is 24.9 Å². The maximum absolute atomic E-state index is 4.01. The van der Waals surface area contributed by atoms with Crippen molar-refractivity contribution >= 4 is 5.82 Å². The quantitative estimate of drug-likeness (QED) is 0.735. The van der Waals surface area contributed by atoms with Gasteiger partial charge < -0.3 is 9.88 Å². The molecule has 0 aromatic carbocycles. The summed E-state index contributed by atoms with van der Waals surface area (Å²) in [6, 6.07) is 0. The van der Waals surface area contributed by atoms with Crippen molar-refractivity contribution in [3.05, 3.63) is 24.9 Å².